The molecule has 2 N–H and O–H groups in total. The number of nitriles is 1. The Hall–Kier alpha value is -1.69. The average molecular weight is 379 g/mol. The smallest absolute Gasteiger partial charge is 0.423 e. The van der Waals surface area contributed by atoms with Gasteiger partial charge in [0.05, 0.1) is 11.6 Å². The summed E-state index contributed by atoms with van der Waals surface area (Å²) in [5.41, 5.74) is 1.63. The molecule has 0 spiro atoms. The van der Waals surface area contributed by atoms with Gasteiger partial charge >= 0.3 is 7.12 Å². The molecule has 0 bridgehead atoms. The van der Waals surface area contributed by atoms with Crippen LogP contribution in [0.15, 0.2) is 48.5 Å². The highest BCUT2D eigenvalue weighted by molar-refractivity contribution is 14.1. The molecule has 0 unspecified atom stereocenters. The van der Waals surface area contributed by atoms with E-state index in [2.05, 4.69) is 28.7 Å². The van der Waals surface area contributed by atoms with Gasteiger partial charge in [0.15, 0.2) is 0 Å². The molecular formula is C14H11BINO3. The molecule has 0 aromatic heterocycles. The Bertz CT molecular complexity index is 591. The molecule has 20 heavy (non-hydrogen) atoms. The van der Waals surface area contributed by atoms with E-state index in [0.29, 0.717) is 17.3 Å². The summed E-state index contributed by atoms with van der Waals surface area (Å²) in [6.45, 7) is 0. The zero-order valence-electron chi connectivity index (χ0n) is 10.4. The van der Waals surface area contributed by atoms with Crippen LogP contribution in [-0.2, 0) is 0 Å². The summed E-state index contributed by atoms with van der Waals surface area (Å²) < 4.78 is 1.16. The lowest BCUT2D eigenvalue weighted by Gasteiger charge is -1.97. The molecule has 100 valence electrons. The number of carbonyl (C=O) groups excluding carboxylic acids is 1. The van der Waals surface area contributed by atoms with Crippen molar-refractivity contribution in [1.29, 1.82) is 5.26 Å². The number of benzene rings is 2. The average Bonchev–Trinajstić information content (AvgIpc) is 2.49. The fourth-order valence-corrected chi connectivity index (χ4v) is 1.63. The largest absolute Gasteiger partial charge is 0.488 e. The van der Waals surface area contributed by atoms with E-state index in [0.717, 1.165) is 9.13 Å². The Labute approximate surface area is 131 Å². The van der Waals surface area contributed by atoms with E-state index in [4.69, 9.17) is 15.3 Å². The molecule has 0 radical (unpaired) electrons. The maximum atomic E-state index is 10.2. The Morgan fingerprint density at radius 3 is 2.00 bits per heavy atom. The van der Waals surface area contributed by atoms with Crippen molar-refractivity contribution in [2.75, 3.05) is 0 Å². The van der Waals surface area contributed by atoms with Crippen molar-refractivity contribution in [2.24, 2.45) is 0 Å². The highest BCUT2D eigenvalue weighted by atomic mass is 127. The first-order chi connectivity index (χ1) is 9.56. The maximum Gasteiger partial charge on any atom is 0.488 e. The summed E-state index contributed by atoms with van der Waals surface area (Å²) in [6, 6.07) is 15.5. The first kappa shape index (κ1) is 16.4. The second-order valence-corrected chi connectivity index (χ2v) is 5.02. The van der Waals surface area contributed by atoms with Gasteiger partial charge in [-0.15, -0.1) is 0 Å². The van der Waals surface area contributed by atoms with Crippen molar-refractivity contribution in [3.05, 3.63) is 63.2 Å². The summed E-state index contributed by atoms with van der Waals surface area (Å²) in [5.74, 6) is 0. The van der Waals surface area contributed by atoms with Gasteiger partial charge in [0.1, 0.15) is 6.29 Å². The first-order valence-corrected chi connectivity index (χ1v) is 6.71. The Morgan fingerprint density at radius 2 is 1.60 bits per heavy atom. The van der Waals surface area contributed by atoms with Crippen LogP contribution in [0.3, 0.4) is 0 Å². The number of hydrogen-bond donors (Lipinski definition) is 2. The summed E-state index contributed by atoms with van der Waals surface area (Å²) in [5, 5.41) is 25.7. The number of halogens is 1. The normalized spacial score (nSPS) is 8.90. The molecule has 0 saturated carbocycles. The minimum Gasteiger partial charge on any atom is -0.423 e. The molecule has 0 amide bonds. The molecule has 2 aromatic carbocycles. The fourth-order valence-electron chi connectivity index (χ4n) is 1.27. The molecule has 0 aliphatic carbocycles. The lowest BCUT2D eigenvalue weighted by Crippen LogP contribution is -2.29. The van der Waals surface area contributed by atoms with Crippen molar-refractivity contribution < 1.29 is 14.8 Å². The standard InChI is InChI=1S/C7H7BO3.C7H4IN/c9-5-6-1-3-7(4-2-6)8(10)11;8-7-3-1-6(5-9)2-4-7/h1-5,10-11H;1-4H. The van der Waals surface area contributed by atoms with Crippen molar-refractivity contribution >= 4 is 41.5 Å². The molecule has 0 atom stereocenters. The van der Waals surface area contributed by atoms with Gasteiger partial charge < -0.3 is 10.0 Å². The highest BCUT2D eigenvalue weighted by Gasteiger charge is 2.08. The van der Waals surface area contributed by atoms with Gasteiger partial charge in [0.25, 0.3) is 0 Å². The van der Waals surface area contributed by atoms with Crippen molar-refractivity contribution in [3.8, 4) is 6.07 Å². The lowest BCUT2D eigenvalue weighted by atomic mass is 9.80. The molecule has 0 heterocycles. The third kappa shape index (κ3) is 5.53. The second-order valence-electron chi connectivity index (χ2n) is 3.78. The SMILES string of the molecule is N#Cc1ccc(I)cc1.O=Cc1ccc(B(O)O)cc1. The number of carbonyl (C=O) groups is 1. The van der Waals surface area contributed by atoms with Crippen LogP contribution in [0.4, 0.5) is 0 Å². The molecule has 2 rings (SSSR count). The molecule has 6 heteroatoms. The number of hydrogen-bond acceptors (Lipinski definition) is 4. The molecule has 0 fully saturated rings. The summed E-state index contributed by atoms with van der Waals surface area (Å²) in [7, 11) is -1.46. The minimum absolute atomic E-state index is 0.385. The topological polar surface area (TPSA) is 81.3 Å². The molecule has 0 saturated heterocycles. The highest BCUT2D eigenvalue weighted by Crippen LogP contribution is 2.04. The van der Waals surface area contributed by atoms with Gasteiger partial charge in [-0.05, 0) is 52.3 Å². The zero-order chi connectivity index (χ0) is 15.0. The molecule has 0 aliphatic rings. The van der Waals surface area contributed by atoms with Crippen LogP contribution >= 0.6 is 22.6 Å². The van der Waals surface area contributed by atoms with E-state index in [1.165, 1.54) is 24.3 Å². The van der Waals surface area contributed by atoms with Gasteiger partial charge in [-0.2, -0.15) is 5.26 Å². The van der Waals surface area contributed by atoms with Crippen LogP contribution in [0.1, 0.15) is 15.9 Å². The lowest BCUT2D eigenvalue weighted by molar-refractivity contribution is 0.112. The van der Waals surface area contributed by atoms with Gasteiger partial charge in [-0.1, -0.05) is 24.3 Å². The van der Waals surface area contributed by atoms with Crippen LogP contribution in [0.25, 0.3) is 0 Å². The summed E-state index contributed by atoms with van der Waals surface area (Å²) >= 11 is 2.20. The van der Waals surface area contributed by atoms with Gasteiger partial charge in [-0.25, -0.2) is 0 Å². The Balaban J connectivity index is 0.000000204. The third-order valence-electron chi connectivity index (χ3n) is 2.34. The Kier molecular flexibility index (Phi) is 6.94. The second kappa shape index (κ2) is 8.48. The van der Waals surface area contributed by atoms with Gasteiger partial charge in [0, 0.05) is 9.13 Å². The van der Waals surface area contributed by atoms with Gasteiger partial charge in [0.2, 0.25) is 0 Å². The predicted molar refractivity (Wildman–Crippen MR) is 85.5 cm³/mol. The van der Waals surface area contributed by atoms with Crippen LogP contribution in [0.5, 0.6) is 0 Å². The molecule has 2 aromatic rings. The van der Waals surface area contributed by atoms with Crippen LogP contribution in [0.2, 0.25) is 0 Å². The molecule has 0 aliphatic heterocycles. The number of rotatable bonds is 2. The minimum atomic E-state index is -1.46. The molecular weight excluding hydrogens is 368 g/mol. The first-order valence-electron chi connectivity index (χ1n) is 5.63. The monoisotopic (exact) mass is 379 g/mol. The van der Waals surface area contributed by atoms with E-state index >= 15 is 0 Å². The predicted octanol–water partition coefficient (Wildman–Crippen LogP) is 1.34. The third-order valence-corrected chi connectivity index (χ3v) is 3.06. The van der Waals surface area contributed by atoms with E-state index in [1.807, 2.05) is 24.3 Å². The van der Waals surface area contributed by atoms with E-state index < -0.39 is 7.12 Å². The van der Waals surface area contributed by atoms with E-state index in [-0.39, 0.29) is 0 Å². The maximum absolute atomic E-state index is 10.2. The van der Waals surface area contributed by atoms with Crippen molar-refractivity contribution in [2.45, 2.75) is 0 Å². The quantitative estimate of drug-likeness (QED) is 0.469. The van der Waals surface area contributed by atoms with E-state index in [1.54, 1.807) is 0 Å². The van der Waals surface area contributed by atoms with Crippen LogP contribution < -0.4 is 5.46 Å². The van der Waals surface area contributed by atoms with Crippen LogP contribution in [-0.4, -0.2) is 23.5 Å². The number of nitrogens with zero attached hydrogens (tertiary/aromatic N) is 1. The summed E-state index contributed by atoms with van der Waals surface area (Å²) in [4.78, 5) is 10.2. The van der Waals surface area contributed by atoms with Crippen molar-refractivity contribution in [1.82, 2.24) is 0 Å². The number of aldehydes is 1. The van der Waals surface area contributed by atoms with Crippen LogP contribution in [0, 0.1) is 14.9 Å². The fraction of sp³-hybridized carbons (Fsp3) is 0. The van der Waals surface area contributed by atoms with Crippen molar-refractivity contribution in [3.63, 3.8) is 0 Å². The molecule has 4 nitrogen and oxygen atoms in total. The summed E-state index contributed by atoms with van der Waals surface area (Å²) in [6.07, 6.45) is 0.702. The van der Waals surface area contributed by atoms with E-state index in [9.17, 15) is 4.79 Å². The Morgan fingerprint density at radius 1 is 1.05 bits per heavy atom. The van der Waals surface area contributed by atoms with Gasteiger partial charge in [-0.3, -0.25) is 4.79 Å². The zero-order valence-corrected chi connectivity index (χ0v) is 12.6.